The van der Waals surface area contributed by atoms with Gasteiger partial charge in [0.15, 0.2) is 0 Å². The highest BCUT2D eigenvalue weighted by molar-refractivity contribution is 8.00. The topological polar surface area (TPSA) is 75.5 Å². The fourth-order valence-electron chi connectivity index (χ4n) is 3.19. The number of non-ortho nitro benzene ring substituents is 1. The summed E-state index contributed by atoms with van der Waals surface area (Å²) in [7, 11) is 0. The Morgan fingerprint density at radius 2 is 1.78 bits per heavy atom. The minimum atomic E-state index is -0.427. The van der Waals surface area contributed by atoms with Gasteiger partial charge in [0, 0.05) is 23.6 Å². The lowest BCUT2D eigenvalue weighted by molar-refractivity contribution is -0.384. The zero-order chi connectivity index (χ0) is 19.1. The third-order valence-corrected chi connectivity index (χ3v) is 5.61. The van der Waals surface area contributed by atoms with Crippen LogP contribution >= 0.6 is 11.8 Å². The van der Waals surface area contributed by atoms with Crippen LogP contribution in [0, 0.1) is 10.1 Å². The molecule has 6 nitrogen and oxygen atoms in total. The average molecular weight is 385 g/mol. The molecule has 0 aromatic heterocycles. The summed E-state index contributed by atoms with van der Waals surface area (Å²) in [6.07, 6.45) is 2.43. The minimum absolute atomic E-state index is 0.0331. The number of nitrogens with one attached hydrogen (secondary N) is 1. The van der Waals surface area contributed by atoms with Crippen molar-refractivity contribution in [1.29, 1.82) is 0 Å². The molecule has 0 saturated carbocycles. The van der Waals surface area contributed by atoms with Gasteiger partial charge in [-0.3, -0.25) is 14.9 Å². The number of nitrogens with zero attached hydrogens (tertiary/aromatic N) is 2. The molecule has 3 rings (SSSR count). The van der Waals surface area contributed by atoms with Crippen LogP contribution in [0.5, 0.6) is 0 Å². The van der Waals surface area contributed by atoms with Crippen molar-refractivity contribution in [1.82, 2.24) is 10.2 Å². The summed E-state index contributed by atoms with van der Waals surface area (Å²) in [6.45, 7) is 2.98. The van der Waals surface area contributed by atoms with Gasteiger partial charge in [0.2, 0.25) is 5.91 Å². The molecule has 0 bridgehead atoms. The summed E-state index contributed by atoms with van der Waals surface area (Å²) in [5, 5.41) is 13.9. The molecule has 2 aromatic rings. The lowest BCUT2D eigenvalue weighted by Gasteiger charge is -2.25. The van der Waals surface area contributed by atoms with E-state index >= 15 is 0 Å². The maximum atomic E-state index is 12.5. The molecule has 1 aliphatic heterocycles. The van der Waals surface area contributed by atoms with Crippen LogP contribution in [0.4, 0.5) is 5.69 Å². The quantitative estimate of drug-likeness (QED) is 0.427. The Morgan fingerprint density at radius 3 is 2.41 bits per heavy atom. The van der Waals surface area contributed by atoms with E-state index in [0.717, 1.165) is 30.1 Å². The second-order valence-electron chi connectivity index (χ2n) is 6.58. The number of likely N-dealkylation sites (tertiary alicyclic amines) is 1. The van der Waals surface area contributed by atoms with Gasteiger partial charge in [-0.1, -0.05) is 30.3 Å². The van der Waals surface area contributed by atoms with Gasteiger partial charge in [0.25, 0.3) is 5.69 Å². The van der Waals surface area contributed by atoms with Gasteiger partial charge in [-0.15, -0.1) is 11.8 Å². The van der Waals surface area contributed by atoms with Gasteiger partial charge in [-0.2, -0.15) is 0 Å². The number of nitro benzene ring substituents is 1. The molecular formula is C20H23N3O3S. The average Bonchev–Trinajstić information content (AvgIpc) is 3.20. The molecule has 0 aliphatic carbocycles. The largest absolute Gasteiger partial charge is 0.347 e. The first kappa shape index (κ1) is 19.4. The lowest BCUT2D eigenvalue weighted by Crippen LogP contribution is -2.37. The summed E-state index contributed by atoms with van der Waals surface area (Å²) in [5.41, 5.74) is 1.16. The Morgan fingerprint density at radius 1 is 1.11 bits per heavy atom. The maximum Gasteiger partial charge on any atom is 0.269 e. The van der Waals surface area contributed by atoms with Crippen LogP contribution < -0.4 is 5.32 Å². The van der Waals surface area contributed by atoms with Crippen LogP contribution in [-0.2, 0) is 4.79 Å². The van der Waals surface area contributed by atoms with E-state index in [4.69, 9.17) is 0 Å². The van der Waals surface area contributed by atoms with Gasteiger partial charge in [-0.05, 0) is 43.6 Å². The number of rotatable bonds is 8. The third kappa shape index (κ3) is 5.80. The van der Waals surface area contributed by atoms with Crippen molar-refractivity contribution in [3.8, 4) is 0 Å². The summed E-state index contributed by atoms with van der Waals surface area (Å²) < 4.78 is 0. The van der Waals surface area contributed by atoms with Crippen LogP contribution in [0.2, 0.25) is 0 Å². The predicted octanol–water partition coefficient (Wildman–Crippen LogP) is 3.64. The highest BCUT2D eigenvalue weighted by Gasteiger charge is 2.20. The van der Waals surface area contributed by atoms with Gasteiger partial charge < -0.3 is 10.2 Å². The lowest BCUT2D eigenvalue weighted by atomic mass is 10.1. The zero-order valence-corrected chi connectivity index (χ0v) is 15.9. The van der Waals surface area contributed by atoms with E-state index < -0.39 is 4.92 Å². The number of benzene rings is 2. The Bertz CT molecular complexity index is 762. The van der Waals surface area contributed by atoms with Crippen LogP contribution in [-0.4, -0.2) is 41.1 Å². The molecule has 1 aliphatic rings. The van der Waals surface area contributed by atoms with Crippen molar-refractivity contribution in [3.05, 3.63) is 70.3 Å². The standard InChI is InChI=1S/C20H23N3O3S/c24-20(15-27-18-10-8-17(9-11-18)23(25)26)21-19(14-22-12-4-5-13-22)16-6-2-1-3-7-16/h1-3,6-11,19H,4-5,12-15H2,(H,21,24). The Balaban J connectivity index is 1.57. The Hall–Kier alpha value is -2.38. The van der Waals surface area contributed by atoms with E-state index in [1.807, 2.05) is 30.3 Å². The Labute approximate surface area is 163 Å². The number of hydrogen-bond acceptors (Lipinski definition) is 5. The number of hydrogen-bond donors (Lipinski definition) is 1. The Kier molecular flexibility index (Phi) is 6.84. The zero-order valence-electron chi connectivity index (χ0n) is 15.0. The second kappa shape index (κ2) is 9.53. The molecule has 1 saturated heterocycles. The molecule has 1 heterocycles. The minimum Gasteiger partial charge on any atom is -0.347 e. The molecule has 1 amide bonds. The second-order valence-corrected chi connectivity index (χ2v) is 7.63. The monoisotopic (exact) mass is 385 g/mol. The highest BCUT2D eigenvalue weighted by Crippen LogP contribution is 2.22. The molecule has 1 atom stereocenters. The molecule has 2 aromatic carbocycles. The van der Waals surface area contributed by atoms with Gasteiger partial charge in [0.05, 0.1) is 16.7 Å². The number of carbonyl (C=O) groups excluding carboxylic acids is 1. The van der Waals surface area contributed by atoms with Crippen molar-refractivity contribution in [2.45, 2.75) is 23.8 Å². The third-order valence-electron chi connectivity index (χ3n) is 4.59. The van der Waals surface area contributed by atoms with Crippen LogP contribution in [0.3, 0.4) is 0 Å². The van der Waals surface area contributed by atoms with E-state index in [0.29, 0.717) is 0 Å². The molecule has 1 N–H and O–H groups in total. The smallest absolute Gasteiger partial charge is 0.269 e. The van der Waals surface area contributed by atoms with E-state index in [1.54, 1.807) is 12.1 Å². The number of nitro groups is 1. The number of thioether (sulfide) groups is 1. The first-order chi connectivity index (χ1) is 13.1. The van der Waals surface area contributed by atoms with Crippen molar-refractivity contribution in [2.75, 3.05) is 25.4 Å². The predicted molar refractivity (Wildman–Crippen MR) is 107 cm³/mol. The molecule has 7 heteroatoms. The summed E-state index contributed by atoms with van der Waals surface area (Å²) in [5.74, 6) is 0.243. The van der Waals surface area contributed by atoms with Crippen LogP contribution in [0.15, 0.2) is 59.5 Å². The van der Waals surface area contributed by atoms with E-state index in [9.17, 15) is 14.9 Å². The molecular weight excluding hydrogens is 362 g/mol. The van der Waals surface area contributed by atoms with Crippen molar-refractivity contribution in [2.24, 2.45) is 0 Å². The number of carbonyl (C=O) groups is 1. The van der Waals surface area contributed by atoms with Crippen molar-refractivity contribution < 1.29 is 9.72 Å². The first-order valence-corrected chi connectivity index (χ1v) is 10.0. The van der Waals surface area contributed by atoms with E-state index in [-0.39, 0.29) is 23.4 Å². The summed E-state index contributed by atoms with van der Waals surface area (Å²) >= 11 is 1.38. The normalized spacial score (nSPS) is 15.4. The fraction of sp³-hybridized carbons (Fsp3) is 0.350. The highest BCUT2D eigenvalue weighted by atomic mass is 32.2. The molecule has 0 radical (unpaired) electrons. The van der Waals surface area contributed by atoms with Gasteiger partial charge >= 0.3 is 0 Å². The van der Waals surface area contributed by atoms with Crippen molar-refractivity contribution in [3.63, 3.8) is 0 Å². The van der Waals surface area contributed by atoms with E-state index in [2.05, 4.69) is 10.2 Å². The molecule has 142 valence electrons. The van der Waals surface area contributed by atoms with Gasteiger partial charge in [-0.25, -0.2) is 0 Å². The molecule has 1 unspecified atom stereocenters. The molecule has 27 heavy (non-hydrogen) atoms. The SMILES string of the molecule is O=C(CSc1ccc([N+](=O)[O-])cc1)NC(CN1CCCC1)c1ccccc1. The van der Waals surface area contributed by atoms with E-state index in [1.165, 1.54) is 36.7 Å². The molecule has 1 fully saturated rings. The fourth-order valence-corrected chi connectivity index (χ4v) is 3.90. The maximum absolute atomic E-state index is 12.5. The van der Waals surface area contributed by atoms with Gasteiger partial charge in [0.1, 0.15) is 0 Å². The first-order valence-electron chi connectivity index (χ1n) is 9.06. The van der Waals surface area contributed by atoms with Crippen LogP contribution in [0.25, 0.3) is 0 Å². The molecule has 0 spiro atoms. The van der Waals surface area contributed by atoms with Crippen LogP contribution in [0.1, 0.15) is 24.4 Å². The van der Waals surface area contributed by atoms with Crippen molar-refractivity contribution >= 4 is 23.4 Å². The number of amides is 1. The summed E-state index contributed by atoms with van der Waals surface area (Å²) in [6, 6.07) is 16.3. The summed E-state index contributed by atoms with van der Waals surface area (Å²) in [4.78, 5) is 26.0.